The summed E-state index contributed by atoms with van der Waals surface area (Å²) in [7, 11) is 6.39. The van der Waals surface area contributed by atoms with E-state index in [-0.39, 0.29) is 57.0 Å². The summed E-state index contributed by atoms with van der Waals surface area (Å²) in [5.41, 5.74) is 0. The summed E-state index contributed by atoms with van der Waals surface area (Å²) in [6.45, 7) is 8.02. The minimum absolute atomic E-state index is 0.171. The number of ether oxygens (including phenoxy) is 3. The SMILES string of the molecule is CC[N+](CCOC(=O)CCNCCC[Si](OC)(OC)OC)(CCOC(=O)CCNCCC[Si](OC)(OC)OC)CCOC(=O)CCNCCC[Si](OC)(OC)OC. The molecule has 0 aliphatic carbocycles. The van der Waals surface area contributed by atoms with Crippen molar-refractivity contribution in [2.75, 3.05) is 149 Å². The summed E-state index contributed by atoms with van der Waals surface area (Å²) in [4.78, 5) is 37.7. The quantitative estimate of drug-likeness (QED) is 0.0261. The first kappa shape index (κ1) is 55.5. The normalized spacial score (nSPS) is 12.5. The van der Waals surface area contributed by atoms with E-state index < -0.39 is 26.4 Å². The number of carbonyl (C=O) groups excluding carboxylic acids is 3. The van der Waals surface area contributed by atoms with Crippen molar-refractivity contribution in [2.24, 2.45) is 0 Å². The summed E-state index contributed by atoms with van der Waals surface area (Å²) in [5.74, 6) is -0.949. The maximum atomic E-state index is 12.6. The van der Waals surface area contributed by atoms with Gasteiger partial charge >= 0.3 is 44.3 Å². The van der Waals surface area contributed by atoms with Gasteiger partial charge in [-0.2, -0.15) is 0 Å². The summed E-state index contributed by atoms with van der Waals surface area (Å²) in [6, 6.07) is 1.98. The van der Waals surface area contributed by atoms with Crippen LogP contribution >= 0.6 is 0 Å². The van der Waals surface area contributed by atoms with E-state index in [2.05, 4.69) is 16.0 Å². The number of nitrogens with zero attached hydrogens (tertiary/aromatic N) is 1. The minimum Gasteiger partial charge on any atom is -0.460 e. The highest BCUT2D eigenvalue weighted by atomic mass is 28.4. The Balaban J connectivity index is 4.93. The van der Waals surface area contributed by atoms with Crippen molar-refractivity contribution in [3.8, 4) is 0 Å². The van der Waals surface area contributed by atoms with Gasteiger partial charge < -0.3 is 74.5 Å². The van der Waals surface area contributed by atoms with Crippen molar-refractivity contribution >= 4 is 44.3 Å². The highest BCUT2D eigenvalue weighted by Gasteiger charge is 2.38. The second-order valence-corrected chi connectivity index (χ2v) is 22.5. The lowest BCUT2D eigenvalue weighted by atomic mass is 10.3. The van der Waals surface area contributed by atoms with Gasteiger partial charge in [0.05, 0.1) is 25.8 Å². The first-order valence-electron chi connectivity index (χ1n) is 19.8. The Kier molecular flexibility index (Phi) is 32.4. The average Bonchev–Trinajstić information content (AvgIpc) is 3.23. The maximum Gasteiger partial charge on any atom is 0.500 e. The predicted molar refractivity (Wildman–Crippen MR) is 219 cm³/mol. The van der Waals surface area contributed by atoms with Gasteiger partial charge in [0.15, 0.2) is 0 Å². The van der Waals surface area contributed by atoms with E-state index in [4.69, 9.17) is 54.0 Å². The molecule has 338 valence electrons. The lowest BCUT2D eigenvalue weighted by Crippen LogP contribution is -2.54. The average molecular weight is 878 g/mol. The Hall–Kier alpha value is -1.46. The van der Waals surface area contributed by atoms with Crippen molar-refractivity contribution in [2.45, 2.75) is 63.6 Å². The second kappa shape index (κ2) is 33.3. The van der Waals surface area contributed by atoms with E-state index in [1.807, 2.05) is 6.92 Å². The van der Waals surface area contributed by atoms with Gasteiger partial charge in [0.1, 0.15) is 39.5 Å². The molecule has 0 aromatic heterocycles. The van der Waals surface area contributed by atoms with Crippen LogP contribution in [0.15, 0.2) is 0 Å². The molecule has 0 fully saturated rings. The summed E-state index contributed by atoms with van der Waals surface area (Å²) >= 11 is 0. The zero-order valence-corrected chi connectivity index (χ0v) is 39.6. The van der Waals surface area contributed by atoms with Crippen LogP contribution in [0.25, 0.3) is 0 Å². The van der Waals surface area contributed by atoms with Crippen LogP contribution in [-0.4, -0.2) is 198 Å². The number of quaternary nitrogens is 1. The molecule has 0 unspecified atom stereocenters. The Bertz CT molecular complexity index is 899. The van der Waals surface area contributed by atoms with E-state index in [0.29, 0.717) is 88.1 Å². The molecule has 22 heteroatoms. The van der Waals surface area contributed by atoms with Gasteiger partial charge in [-0.3, -0.25) is 14.4 Å². The van der Waals surface area contributed by atoms with Crippen LogP contribution in [0.4, 0.5) is 0 Å². The van der Waals surface area contributed by atoms with Crippen LogP contribution in [0, 0.1) is 0 Å². The van der Waals surface area contributed by atoms with Gasteiger partial charge in [0.2, 0.25) is 0 Å². The van der Waals surface area contributed by atoms with Gasteiger partial charge in [0.25, 0.3) is 0 Å². The van der Waals surface area contributed by atoms with Crippen LogP contribution in [-0.2, 0) is 68.4 Å². The molecule has 0 aromatic carbocycles. The molecule has 0 amide bonds. The maximum absolute atomic E-state index is 12.6. The molecule has 0 saturated carbocycles. The highest BCUT2D eigenvalue weighted by Crippen LogP contribution is 2.16. The van der Waals surface area contributed by atoms with E-state index >= 15 is 0 Å². The summed E-state index contributed by atoms with van der Waals surface area (Å²) < 4.78 is 66.2. The van der Waals surface area contributed by atoms with Crippen molar-refractivity contribution in [1.29, 1.82) is 0 Å². The smallest absolute Gasteiger partial charge is 0.460 e. The lowest BCUT2D eigenvalue weighted by molar-refractivity contribution is -0.926. The van der Waals surface area contributed by atoms with Crippen molar-refractivity contribution in [3.63, 3.8) is 0 Å². The zero-order chi connectivity index (χ0) is 42.9. The monoisotopic (exact) mass is 877 g/mol. The standard InChI is InChI=1S/C35H77N4O15Si3/c1-11-39(24-27-52-33(40)15-21-36-18-12-30-55(43-2,44-3)45-4,25-28-53-34(41)16-22-37-19-13-31-56(46-5,47-6)48-7)26-29-54-35(42)17-23-38-20-14-32-57(49-8,50-9)51-10/h36-38H,11-32H2,1-10H3/q+1. The molecule has 19 nitrogen and oxygen atoms in total. The largest absolute Gasteiger partial charge is 0.500 e. The number of nitrogens with one attached hydrogen (secondary N) is 3. The molecule has 0 aromatic rings. The fourth-order valence-corrected chi connectivity index (χ4v) is 11.2. The first-order chi connectivity index (χ1) is 27.4. The topological polar surface area (TPSA) is 198 Å². The van der Waals surface area contributed by atoms with Crippen molar-refractivity contribution in [3.05, 3.63) is 0 Å². The fourth-order valence-electron chi connectivity index (χ4n) is 5.99. The second-order valence-electron chi connectivity index (χ2n) is 13.2. The molecule has 0 radical (unpaired) electrons. The number of esters is 3. The molecule has 0 aliphatic rings. The Morgan fingerprint density at radius 3 is 0.877 bits per heavy atom. The number of carbonyl (C=O) groups is 3. The van der Waals surface area contributed by atoms with Crippen LogP contribution in [0.2, 0.25) is 18.1 Å². The molecule has 3 N–H and O–H groups in total. The van der Waals surface area contributed by atoms with Gasteiger partial charge in [-0.05, 0) is 45.8 Å². The van der Waals surface area contributed by atoms with E-state index in [9.17, 15) is 14.4 Å². The predicted octanol–water partition coefficient (Wildman–Crippen LogP) is 1.20. The van der Waals surface area contributed by atoms with E-state index in [0.717, 1.165) is 19.3 Å². The van der Waals surface area contributed by atoms with E-state index in [1.54, 1.807) is 64.0 Å². The number of rotatable bonds is 40. The van der Waals surface area contributed by atoms with Gasteiger partial charge in [-0.25, -0.2) is 0 Å². The van der Waals surface area contributed by atoms with Crippen LogP contribution < -0.4 is 16.0 Å². The molecule has 0 saturated heterocycles. The number of hydrogen-bond donors (Lipinski definition) is 3. The Labute approximate surface area is 345 Å². The molecule has 57 heavy (non-hydrogen) atoms. The third-order valence-corrected chi connectivity index (χ3v) is 18.5. The Morgan fingerprint density at radius 1 is 0.421 bits per heavy atom. The molecule has 0 rings (SSSR count). The number of likely N-dealkylation sites (N-methyl/N-ethyl adjacent to an activating group) is 1. The molecule has 0 atom stereocenters. The molecule has 0 aliphatic heterocycles. The highest BCUT2D eigenvalue weighted by molar-refractivity contribution is 6.61. The van der Waals surface area contributed by atoms with E-state index in [1.165, 1.54) is 0 Å². The molecular formula is C35H77N4O15Si3+. The molecular weight excluding hydrogens is 801 g/mol. The van der Waals surface area contributed by atoms with Gasteiger partial charge in [0, 0.05) is 102 Å². The molecule has 0 heterocycles. The summed E-state index contributed by atoms with van der Waals surface area (Å²) in [5, 5.41) is 9.75. The summed E-state index contributed by atoms with van der Waals surface area (Å²) in [6.07, 6.45) is 2.97. The van der Waals surface area contributed by atoms with Crippen molar-refractivity contribution in [1.82, 2.24) is 16.0 Å². The minimum atomic E-state index is -2.62. The molecule has 0 spiro atoms. The zero-order valence-electron chi connectivity index (χ0n) is 36.6. The first-order valence-corrected chi connectivity index (χ1v) is 25.6. The number of hydrogen-bond acceptors (Lipinski definition) is 18. The lowest BCUT2D eigenvalue weighted by Gasteiger charge is -2.37. The van der Waals surface area contributed by atoms with Crippen LogP contribution in [0.5, 0.6) is 0 Å². The third kappa shape index (κ3) is 23.8. The van der Waals surface area contributed by atoms with Gasteiger partial charge in [-0.1, -0.05) is 0 Å². The fraction of sp³-hybridized carbons (Fsp3) is 0.914. The van der Waals surface area contributed by atoms with Crippen LogP contribution in [0.1, 0.15) is 45.4 Å². The van der Waals surface area contributed by atoms with Crippen LogP contribution in [0.3, 0.4) is 0 Å². The van der Waals surface area contributed by atoms with Gasteiger partial charge in [-0.15, -0.1) is 0 Å². The Morgan fingerprint density at radius 2 is 0.667 bits per heavy atom. The molecule has 0 bridgehead atoms. The third-order valence-electron chi connectivity index (χ3n) is 9.98. The van der Waals surface area contributed by atoms with Crippen molar-refractivity contribution < 1.29 is 72.9 Å².